The lowest BCUT2D eigenvalue weighted by Crippen LogP contribution is -2.35. The monoisotopic (exact) mass is 345 g/mol. The fourth-order valence-corrected chi connectivity index (χ4v) is 3.44. The maximum absolute atomic E-state index is 12.6. The van der Waals surface area contributed by atoms with Crippen molar-refractivity contribution in [3.63, 3.8) is 0 Å². The van der Waals surface area contributed by atoms with Gasteiger partial charge in [0, 0.05) is 6.54 Å². The highest BCUT2D eigenvalue weighted by Gasteiger charge is 2.42. The van der Waals surface area contributed by atoms with Crippen LogP contribution in [0.1, 0.15) is 58.1 Å². The smallest absolute Gasteiger partial charge is 0.290 e. The van der Waals surface area contributed by atoms with E-state index in [9.17, 15) is 19.8 Å². The lowest BCUT2D eigenvalue weighted by Gasteiger charge is -2.30. The van der Waals surface area contributed by atoms with Gasteiger partial charge in [-0.25, -0.2) is 0 Å². The summed E-state index contributed by atoms with van der Waals surface area (Å²) in [6.45, 7) is 6.05. The molecule has 0 saturated carbocycles. The number of ketones is 1. The Bertz CT molecular complexity index is 680. The van der Waals surface area contributed by atoms with Gasteiger partial charge in [0.15, 0.2) is 11.5 Å². The standard InChI is InChI=1S/C20H27NO4/c1-4-6-8-14(5-2)12-21-18(15-9-7-10-16(23)11-15)17(13(3)22)19(24)20(21)25/h7,9-11,14,18,23-24H,4-6,8,12H2,1-3H3/t14-,18+/m1/s1. The van der Waals surface area contributed by atoms with Gasteiger partial charge in [0.05, 0.1) is 11.6 Å². The van der Waals surface area contributed by atoms with Gasteiger partial charge in [0.25, 0.3) is 5.91 Å². The van der Waals surface area contributed by atoms with Crippen LogP contribution in [0.5, 0.6) is 5.75 Å². The third kappa shape index (κ3) is 4.03. The SMILES string of the molecule is CCCC[C@@H](CC)CN1C(=O)C(O)=C(C(C)=O)[C@@H]1c1cccc(O)c1. The van der Waals surface area contributed by atoms with Gasteiger partial charge in [-0.3, -0.25) is 9.59 Å². The van der Waals surface area contributed by atoms with Gasteiger partial charge >= 0.3 is 0 Å². The largest absolute Gasteiger partial charge is 0.508 e. The topological polar surface area (TPSA) is 77.8 Å². The Labute approximate surface area is 149 Å². The molecule has 0 aliphatic carbocycles. The van der Waals surface area contributed by atoms with Crippen LogP contribution in [0.15, 0.2) is 35.6 Å². The van der Waals surface area contributed by atoms with Crippen LogP contribution >= 0.6 is 0 Å². The zero-order valence-electron chi connectivity index (χ0n) is 15.2. The van der Waals surface area contributed by atoms with Crippen molar-refractivity contribution < 1.29 is 19.8 Å². The van der Waals surface area contributed by atoms with Gasteiger partial charge in [-0.05, 0) is 37.0 Å². The van der Waals surface area contributed by atoms with Crippen molar-refractivity contribution in [1.29, 1.82) is 0 Å². The number of aromatic hydroxyl groups is 1. The molecule has 0 unspecified atom stereocenters. The molecule has 2 rings (SSSR count). The number of phenolic OH excluding ortho intramolecular Hbond substituents is 1. The van der Waals surface area contributed by atoms with E-state index < -0.39 is 17.7 Å². The Morgan fingerprint density at radius 2 is 2.00 bits per heavy atom. The van der Waals surface area contributed by atoms with Crippen LogP contribution in [0.25, 0.3) is 0 Å². The van der Waals surface area contributed by atoms with Crippen molar-refractivity contribution in [2.24, 2.45) is 5.92 Å². The van der Waals surface area contributed by atoms with Crippen molar-refractivity contribution >= 4 is 11.7 Å². The maximum Gasteiger partial charge on any atom is 0.290 e. The molecule has 1 amide bonds. The lowest BCUT2D eigenvalue weighted by molar-refractivity contribution is -0.130. The molecule has 1 heterocycles. The van der Waals surface area contributed by atoms with E-state index >= 15 is 0 Å². The first-order valence-electron chi connectivity index (χ1n) is 8.94. The first-order chi connectivity index (χ1) is 11.9. The molecule has 1 aromatic carbocycles. The van der Waals surface area contributed by atoms with E-state index in [-0.39, 0.29) is 17.1 Å². The summed E-state index contributed by atoms with van der Waals surface area (Å²) in [5.41, 5.74) is 0.744. The minimum atomic E-state index is -0.646. The highest BCUT2D eigenvalue weighted by molar-refractivity contribution is 6.08. The van der Waals surface area contributed by atoms with Gasteiger partial charge in [0.1, 0.15) is 5.75 Å². The number of phenols is 1. The molecule has 2 N–H and O–H groups in total. The van der Waals surface area contributed by atoms with E-state index in [1.807, 2.05) is 0 Å². The molecule has 0 spiro atoms. The average molecular weight is 345 g/mol. The summed E-state index contributed by atoms with van der Waals surface area (Å²) in [6, 6.07) is 5.87. The number of benzene rings is 1. The van der Waals surface area contributed by atoms with Gasteiger partial charge in [-0.15, -0.1) is 0 Å². The number of aliphatic hydroxyl groups excluding tert-OH is 1. The number of amides is 1. The minimum Gasteiger partial charge on any atom is -0.508 e. The summed E-state index contributed by atoms with van der Waals surface area (Å²) in [7, 11) is 0. The number of Topliss-reactive ketones (excluding diaryl/α,β-unsaturated/α-hetero) is 1. The number of unbranched alkanes of at least 4 members (excludes halogenated alkanes) is 1. The van der Waals surface area contributed by atoms with Crippen LogP contribution in [0.2, 0.25) is 0 Å². The van der Waals surface area contributed by atoms with Gasteiger partial charge in [-0.2, -0.15) is 0 Å². The molecule has 5 nitrogen and oxygen atoms in total. The normalized spacial score (nSPS) is 18.8. The number of carbonyl (C=O) groups is 2. The van der Waals surface area contributed by atoms with Crippen molar-refractivity contribution in [2.75, 3.05) is 6.54 Å². The van der Waals surface area contributed by atoms with Gasteiger partial charge in [-0.1, -0.05) is 45.2 Å². The number of rotatable bonds is 8. The van der Waals surface area contributed by atoms with E-state index in [4.69, 9.17) is 0 Å². The van der Waals surface area contributed by atoms with Crippen LogP contribution in [-0.4, -0.2) is 33.3 Å². The molecule has 0 radical (unpaired) electrons. The highest BCUT2D eigenvalue weighted by atomic mass is 16.3. The number of hydrogen-bond donors (Lipinski definition) is 2. The Morgan fingerprint density at radius 1 is 1.28 bits per heavy atom. The summed E-state index contributed by atoms with van der Waals surface area (Å²) in [5.74, 6) is -0.928. The second kappa shape index (κ2) is 8.19. The van der Waals surface area contributed by atoms with Gasteiger partial charge < -0.3 is 15.1 Å². The third-order valence-corrected chi connectivity index (χ3v) is 4.87. The lowest BCUT2D eigenvalue weighted by atomic mass is 9.94. The summed E-state index contributed by atoms with van der Waals surface area (Å²) < 4.78 is 0. The number of aliphatic hydroxyl groups is 1. The molecule has 1 aromatic rings. The predicted molar refractivity (Wildman–Crippen MR) is 96.2 cm³/mol. The van der Waals surface area contributed by atoms with E-state index in [1.54, 1.807) is 23.1 Å². The first kappa shape index (κ1) is 19.0. The highest BCUT2D eigenvalue weighted by Crippen LogP contribution is 2.39. The van der Waals surface area contributed by atoms with Crippen molar-refractivity contribution in [2.45, 2.75) is 52.5 Å². The summed E-state index contributed by atoms with van der Waals surface area (Å²) in [5, 5.41) is 20.1. The van der Waals surface area contributed by atoms with Crippen LogP contribution < -0.4 is 0 Å². The number of hydrogen-bond acceptors (Lipinski definition) is 4. The van der Waals surface area contributed by atoms with E-state index in [0.29, 0.717) is 18.0 Å². The van der Waals surface area contributed by atoms with Crippen molar-refractivity contribution in [3.05, 3.63) is 41.2 Å². The Morgan fingerprint density at radius 3 is 2.56 bits per heavy atom. The zero-order chi connectivity index (χ0) is 18.6. The van der Waals surface area contributed by atoms with E-state index in [1.165, 1.54) is 13.0 Å². The van der Waals surface area contributed by atoms with Crippen molar-refractivity contribution in [1.82, 2.24) is 4.90 Å². The molecule has 0 saturated heterocycles. The van der Waals surface area contributed by atoms with Crippen LogP contribution in [0, 0.1) is 5.92 Å². The Balaban J connectivity index is 2.39. The van der Waals surface area contributed by atoms with Crippen LogP contribution in [0.4, 0.5) is 0 Å². The number of carbonyl (C=O) groups excluding carboxylic acids is 2. The predicted octanol–water partition coefficient (Wildman–Crippen LogP) is 3.89. The van der Waals surface area contributed by atoms with Crippen molar-refractivity contribution in [3.8, 4) is 5.75 Å². The quantitative estimate of drug-likeness (QED) is 0.749. The fourth-order valence-electron chi connectivity index (χ4n) is 3.44. The molecular formula is C20H27NO4. The molecule has 0 aromatic heterocycles. The fraction of sp³-hybridized carbons (Fsp3) is 0.500. The molecule has 0 fully saturated rings. The average Bonchev–Trinajstić information content (AvgIpc) is 2.83. The third-order valence-electron chi connectivity index (χ3n) is 4.87. The Kier molecular flexibility index (Phi) is 6.23. The molecule has 1 aliphatic rings. The molecule has 25 heavy (non-hydrogen) atoms. The molecule has 1 aliphatic heterocycles. The first-order valence-corrected chi connectivity index (χ1v) is 8.94. The van der Waals surface area contributed by atoms with Gasteiger partial charge in [0.2, 0.25) is 0 Å². The molecule has 5 heteroatoms. The molecule has 136 valence electrons. The second-order valence-electron chi connectivity index (χ2n) is 6.69. The zero-order valence-corrected chi connectivity index (χ0v) is 15.2. The molecule has 0 bridgehead atoms. The minimum absolute atomic E-state index is 0.0669. The van der Waals surface area contributed by atoms with Crippen LogP contribution in [0.3, 0.4) is 0 Å². The summed E-state index contributed by atoms with van der Waals surface area (Å²) >= 11 is 0. The van der Waals surface area contributed by atoms with E-state index in [2.05, 4.69) is 13.8 Å². The Hall–Kier alpha value is -2.30. The molecule has 2 atom stereocenters. The summed E-state index contributed by atoms with van der Waals surface area (Å²) in [4.78, 5) is 26.3. The van der Waals surface area contributed by atoms with Crippen LogP contribution in [-0.2, 0) is 9.59 Å². The molecular weight excluding hydrogens is 318 g/mol. The maximum atomic E-state index is 12.6. The second-order valence-corrected chi connectivity index (χ2v) is 6.69. The number of nitrogens with zero attached hydrogens (tertiary/aromatic N) is 1. The van der Waals surface area contributed by atoms with E-state index in [0.717, 1.165) is 25.7 Å². The summed E-state index contributed by atoms with van der Waals surface area (Å²) in [6.07, 6.45) is 4.09.